The fraction of sp³-hybridized carbons (Fsp3) is 0.179. The number of carbonyl (C=O) groups is 2. The van der Waals surface area contributed by atoms with Crippen molar-refractivity contribution in [1.82, 2.24) is 10.6 Å². The Kier molecular flexibility index (Phi) is 9.60. The van der Waals surface area contributed by atoms with Gasteiger partial charge in [0.15, 0.2) is 0 Å². The van der Waals surface area contributed by atoms with Gasteiger partial charge >= 0.3 is 0 Å². The van der Waals surface area contributed by atoms with Gasteiger partial charge in [0.1, 0.15) is 11.5 Å². The second kappa shape index (κ2) is 14.1. The van der Waals surface area contributed by atoms with Crippen molar-refractivity contribution >= 4 is 23.4 Å². The molecule has 0 spiro atoms. The van der Waals surface area contributed by atoms with Crippen molar-refractivity contribution in [1.29, 1.82) is 0 Å². The lowest BCUT2D eigenvalue weighted by atomic mass is 9.93. The number of benzene rings is 5. The van der Waals surface area contributed by atoms with E-state index >= 15 is 0 Å². The average Bonchev–Trinajstić information content (AvgIpc) is 3.50. The van der Waals surface area contributed by atoms with Crippen LogP contribution in [-0.2, 0) is 17.8 Å². The molecular formula is C39H36ClN3O3. The van der Waals surface area contributed by atoms with E-state index in [0.717, 1.165) is 29.5 Å². The number of halogens is 1. The van der Waals surface area contributed by atoms with Gasteiger partial charge in [-0.25, -0.2) is 0 Å². The quantitative estimate of drug-likeness (QED) is 0.145. The van der Waals surface area contributed by atoms with Crippen LogP contribution >= 0.6 is 11.6 Å². The van der Waals surface area contributed by atoms with Crippen LogP contribution in [-0.4, -0.2) is 17.9 Å². The molecule has 0 aromatic heterocycles. The number of hydrogen-bond acceptors (Lipinski definition) is 5. The third-order valence-electron chi connectivity index (χ3n) is 8.46. The fourth-order valence-electron chi connectivity index (χ4n) is 6.06. The van der Waals surface area contributed by atoms with Gasteiger partial charge in [0.25, 0.3) is 5.91 Å². The largest absolute Gasteiger partial charge is 0.457 e. The summed E-state index contributed by atoms with van der Waals surface area (Å²) in [5.74, 6) is 0.219. The highest BCUT2D eigenvalue weighted by Gasteiger charge is 2.28. The minimum Gasteiger partial charge on any atom is -0.457 e. The number of carbonyl (C=O) groups excluding carboxylic acids is 2. The molecule has 1 unspecified atom stereocenters. The van der Waals surface area contributed by atoms with E-state index < -0.39 is 11.9 Å². The second-order valence-corrected chi connectivity index (χ2v) is 11.9. The van der Waals surface area contributed by atoms with E-state index in [1.807, 2.05) is 91.9 Å². The molecule has 2 amide bonds. The van der Waals surface area contributed by atoms with Gasteiger partial charge in [-0.15, -0.1) is 0 Å². The van der Waals surface area contributed by atoms with Crippen LogP contribution in [0.15, 0.2) is 115 Å². The lowest BCUT2D eigenvalue weighted by Gasteiger charge is -2.22. The Morgan fingerprint density at radius 2 is 1.67 bits per heavy atom. The minimum atomic E-state index is -0.531. The molecule has 5 aromatic rings. The topological polar surface area (TPSA) is 93.5 Å². The molecule has 46 heavy (non-hydrogen) atoms. The molecule has 1 aliphatic rings. The third-order valence-corrected chi connectivity index (χ3v) is 8.70. The predicted molar refractivity (Wildman–Crippen MR) is 184 cm³/mol. The van der Waals surface area contributed by atoms with Crippen LogP contribution in [0.2, 0.25) is 5.02 Å². The number of rotatable bonds is 10. The smallest absolute Gasteiger partial charge is 0.258 e. The Morgan fingerprint density at radius 3 is 2.48 bits per heavy atom. The van der Waals surface area contributed by atoms with Crippen LogP contribution in [0.4, 0.5) is 0 Å². The molecule has 232 valence electrons. The summed E-state index contributed by atoms with van der Waals surface area (Å²) in [6, 6.07) is 36.2. The lowest BCUT2D eigenvalue weighted by molar-refractivity contribution is -0.122. The highest BCUT2D eigenvalue weighted by Crippen LogP contribution is 2.39. The van der Waals surface area contributed by atoms with E-state index in [-0.39, 0.29) is 11.9 Å². The molecule has 2 atom stereocenters. The molecular weight excluding hydrogens is 594 g/mol. The molecule has 4 N–H and O–H groups in total. The van der Waals surface area contributed by atoms with E-state index in [4.69, 9.17) is 22.1 Å². The normalized spacial score (nSPS) is 14.4. The van der Waals surface area contributed by atoms with Gasteiger partial charge in [0, 0.05) is 34.8 Å². The first-order chi connectivity index (χ1) is 22.4. The SMILES string of the molecule is CCC(N[C@@H]1CCc2ccccc21)C(=O)NC(=O)c1ccc(-c2ccccc2)cc1-c1ccc(Cl)cc1Oc1cccc(CN)c1. The van der Waals surface area contributed by atoms with Gasteiger partial charge in [0.2, 0.25) is 5.91 Å². The maximum Gasteiger partial charge on any atom is 0.258 e. The molecule has 0 saturated heterocycles. The first kappa shape index (κ1) is 31.2. The molecule has 0 aliphatic heterocycles. The summed E-state index contributed by atoms with van der Waals surface area (Å²) in [5.41, 5.74) is 12.8. The van der Waals surface area contributed by atoms with Gasteiger partial charge < -0.3 is 10.5 Å². The number of ether oxygens (including phenoxy) is 1. The van der Waals surface area contributed by atoms with E-state index in [2.05, 4.69) is 22.8 Å². The molecule has 0 fully saturated rings. The average molecular weight is 630 g/mol. The first-order valence-electron chi connectivity index (χ1n) is 15.6. The van der Waals surface area contributed by atoms with Crippen LogP contribution in [0.3, 0.4) is 0 Å². The lowest BCUT2D eigenvalue weighted by Crippen LogP contribution is -2.47. The van der Waals surface area contributed by atoms with Gasteiger partial charge in [-0.2, -0.15) is 0 Å². The van der Waals surface area contributed by atoms with E-state index in [9.17, 15) is 9.59 Å². The Morgan fingerprint density at radius 1 is 0.870 bits per heavy atom. The van der Waals surface area contributed by atoms with E-state index in [1.165, 1.54) is 11.1 Å². The molecule has 5 aromatic carbocycles. The van der Waals surface area contributed by atoms with Crippen LogP contribution < -0.4 is 21.1 Å². The zero-order valence-corrected chi connectivity index (χ0v) is 26.4. The number of fused-ring (bicyclic) bond motifs is 1. The Hall–Kier alpha value is -4.75. The van der Waals surface area contributed by atoms with Gasteiger partial charge in [0.05, 0.1) is 6.04 Å². The summed E-state index contributed by atoms with van der Waals surface area (Å²) in [6.07, 6.45) is 2.41. The zero-order chi connectivity index (χ0) is 32.0. The summed E-state index contributed by atoms with van der Waals surface area (Å²) >= 11 is 6.45. The first-order valence-corrected chi connectivity index (χ1v) is 16.0. The van der Waals surface area contributed by atoms with Crippen molar-refractivity contribution in [2.24, 2.45) is 5.73 Å². The van der Waals surface area contributed by atoms with Gasteiger partial charge in [-0.3, -0.25) is 20.2 Å². The standard InChI is InChI=1S/C39H36ClN3O3/c1-2-35(42-36-20-16-27-12-6-7-14-31(27)36)39(45)43-38(44)33-18-15-28(26-10-4-3-5-11-26)22-34(33)32-19-17-29(40)23-37(32)46-30-13-8-9-25(21-30)24-41/h3-15,17-19,21-23,35-36,42H,2,16,20,24,41H2,1H3,(H,43,44,45)/t35?,36-/m1/s1. The van der Waals surface area contributed by atoms with Gasteiger partial charge in [-0.05, 0) is 89.0 Å². The number of amides is 2. The van der Waals surface area contributed by atoms with Crippen LogP contribution in [0.1, 0.15) is 52.9 Å². The fourth-order valence-corrected chi connectivity index (χ4v) is 6.22. The molecule has 7 heteroatoms. The van der Waals surface area contributed by atoms with Crippen molar-refractivity contribution < 1.29 is 14.3 Å². The summed E-state index contributed by atoms with van der Waals surface area (Å²) < 4.78 is 6.36. The summed E-state index contributed by atoms with van der Waals surface area (Å²) in [5, 5.41) is 6.67. The van der Waals surface area contributed by atoms with Crippen molar-refractivity contribution in [2.75, 3.05) is 0 Å². The van der Waals surface area contributed by atoms with Crippen molar-refractivity contribution in [3.63, 3.8) is 0 Å². The molecule has 1 aliphatic carbocycles. The number of nitrogens with two attached hydrogens (primary N) is 1. The van der Waals surface area contributed by atoms with Crippen molar-refractivity contribution in [2.45, 2.75) is 44.8 Å². The summed E-state index contributed by atoms with van der Waals surface area (Å²) in [7, 11) is 0. The number of nitrogens with one attached hydrogen (secondary N) is 2. The Labute approximate surface area is 274 Å². The second-order valence-electron chi connectivity index (χ2n) is 11.5. The van der Waals surface area contributed by atoms with E-state index in [0.29, 0.717) is 46.2 Å². The molecule has 0 saturated carbocycles. The molecule has 6 rings (SSSR count). The van der Waals surface area contributed by atoms with Crippen molar-refractivity contribution in [3.8, 4) is 33.8 Å². The highest BCUT2D eigenvalue weighted by molar-refractivity contribution is 6.30. The van der Waals surface area contributed by atoms with Crippen LogP contribution in [0, 0.1) is 0 Å². The summed E-state index contributed by atoms with van der Waals surface area (Å²) in [4.78, 5) is 27.5. The van der Waals surface area contributed by atoms with Crippen molar-refractivity contribution in [3.05, 3.63) is 143 Å². The maximum absolute atomic E-state index is 13.9. The summed E-state index contributed by atoms with van der Waals surface area (Å²) in [6.45, 7) is 2.32. The number of aryl methyl sites for hydroxylation is 1. The molecule has 0 bridgehead atoms. The van der Waals surface area contributed by atoms with Gasteiger partial charge in [-0.1, -0.05) is 91.3 Å². The number of hydrogen-bond donors (Lipinski definition) is 3. The number of imide groups is 1. The molecule has 6 nitrogen and oxygen atoms in total. The van der Waals surface area contributed by atoms with Crippen LogP contribution in [0.5, 0.6) is 11.5 Å². The van der Waals surface area contributed by atoms with E-state index in [1.54, 1.807) is 18.2 Å². The molecule has 0 radical (unpaired) electrons. The third kappa shape index (κ3) is 6.90. The van der Waals surface area contributed by atoms with Crippen LogP contribution in [0.25, 0.3) is 22.3 Å². The predicted octanol–water partition coefficient (Wildman–Crippen LogP) is 8.24. The Bertz CT molecular complexity index is 1870. The minimum absolute atomic E-state index is 0.0641. The monoisotopic (exact) mass is 629 g/mol. The Balaban J connectivity index is 1.34. The maximum atomic E-state index is 13.9. The highest BCUT2D eigenvalue weighted by atomic mass is 35.5. The molecule has 0 heterocycles. The zero-order valence-electron chi connectivity index (χ0n) is 25.6.